The van der Waals surface area contributed by atoms with Crippen LogP contribution in [0, 0.1) is 10.1 Å². The summed E-state index contributed by atoms with van der Waals surface area (Å²) in [7, 11) is -3.85. The van der Waals surface area contributed by atoms with Gasteiger partial charge in [-0.3, -0.25) is 14.9 Å². The molecule has 0 bridgehead atoms. The number of hydrogen-bond acceptors (Lipinski definition) is 7. The van der Waals surface area contributed by atoms with E-state index in [1.165, 1.54) is 46.9 Å². The molecule has 1 fully saturated rings. The Morgan fingerprint density at radius 2 is 1.78 bits per heavy atom. The van der Waals surface area contributed by atoms with Crippen LogP contribution in [0.1, 0.15) is 24.0 Å². The van der Waals surface area contributed by atoms with Crippen molar-refractivity contribution in [1.29, 1.82) is 0 Å². The molecule has 1 saturated heterocycles. The number of halogens is 1. The van der Waals surface area contributed by atoms with Gasteiger partial charge < -0.3 is 4.74 Å². The first-order chi connectivity index (χ1) is 17.7. The van der Waals surface area contributed by atoms with Crippen molar-refractivity contribution in [1.82, 2.24) is 9.73 Å². The fraction of sp³-hybridized carbons (Fsp3) is 0.200. The van der Waals surface area contributed by atoms with Gasteiger partial charge in [-0.25, -0.2) is 13.8 Å². The summed E-state index contributed by atoms with van der Waals surface area (Å²) in [6.45, 7) is 0.492. The second-order valence-electron chi connectivity index (χ2n) is 8.24. The van der Waals surface area contributed by atoms with Crippen molar-refractivity contribution in [3.05, 3.63) is 99.1 Å². The predicted molar refractivity (Wildman–Crippen MR) is 138 cm³/mol. The zero-order valence-electron chi connectivity index (χ0n) is 19.5. The summed E-state index contributed by atoms with van der Waals surface area (Å²) in [6, 6.07) is 18.0. The summed E-state index contributed by atoms with van der Waals surface area (Å²) in [4.78, 5) is 23.1. The van der Waals surface area contributed by atoms with Crippen LogP contribution < -0.4 is 10.2 Å². The van der Waals surface area contributed by atoms with E-state index < -0.39 is 26.9 Å². The maximum absolute atomic E-state index is 13.0. The summed E-state index contributed by atoms with van der Waals surface area (Å²) >= 11 is 5.86. The van der Waals surface area contributed by atoms with Gasteiger partial charge >= 0.3 is 0 Å². The molecule has 1 atom stereocenters. The van der Waals surface area contributed by atoms with E-state index in [-0.39, 0.29) is 23.7 Å². The Bertz CT molecular complexity index is 1390. The van der Waals surface area contributed by atoms with Gasteiger partial charge in [-0.1, -0.05) is 11.6 Å². The Balaban J connectivity index is 1.31. The largest absolute Gasteiger partial charge is 0.489 e. The number of nitrogens with one attached hydrogen (secondary N) is 1. The molecule has 0 unspecified atom stereocenters. The molecule has 3 aromatic rings. The van der Waals surface area contributed by atoms with Gasteiger partial charge in [-0.05, 0) is 84.6 Å². The zero-order chi connectivity index (χ0) is 26.4. The van der Waals surface area contributed by atoms with Crippen molar-refractivity contribution in [3.63, 3.8) is 0 Å². The molecule has 37 heavy (non-hydrogen) atoms. The first-order valence-electron chi connectivity index (χ1n) is 11.3. The fourth-order valence-electron chi connectivity index (χ4n) is 3.81. The third kappa shape index (κ3) is 6.50. The van der Waals surface area contributed by atoms with Crippen LogP contribution in [0.4, 0.5) is 5.69 Å². The fourth-order valence-corrected chi connectivity index (χ4v) is 5.59. The quantitative estimate of drug-likeness (QED) is 0.246. The SMILES string of the molecule is O=C(N/N=C\c1ccc(OCc2ccc([N+](=O)[O-])cc2)cc1)[C@H]1CCCN1S(=O)(=O)c1ccc(Cl)cc1. The maximum Gasteiger partial charge on any atom is 0.269 e. The van der Waals surface area contributed by atoms with Gasteiger partial charge in [0.25, 0.3) is 11.6 Å². The minimum absolute atomic E-state index is 0.0169. The summed E-state index contributed by atoms with van der Waals surface area (Å²) in [5, 5.41) is 15.1. The van der Waals surface area contributed by atoms with Gasteiger partial charge in [-0.2, -0.15) is 9.41 Å². The maximum atomic E-state index is 13.0. The number of carbonyl (C=O) groups is 1. The van der Waals surface area contributed by atoms with Crippen LogP contribution in [0.25, 0.3) is 0 Å². The molecule has 1 N–H and O–H groups in total. The second-order valence-corrected chi connectivity index (χ2v) is 10.6. The molecule has 0 saturated carbocycles. The molecule has 1 heterocycles. The van der Waals surface area contributed by atoms with Gasteiger partial charge in [0.05, 0.1) is 16.0 Å². The number of amides is 1. The molecule has 1 aliphatic rings. The predicted octanol–water partition coefficient (Wildman–Crippen LogP) is 4.13. The van der Waals surface area contributed by atoms with E-state index in [4.69, 9.17) is 16.3 Å². The minimum Gasteiger partial charge on any atom is -0.489 e. The number of rotatable bonds is 9. The molecule has 1 amide bonds. The third-order valence-corrected chi connectivity index (χ3v) is 7.92. The molecule has 0 radical (unpaired) electrons. The highest BCUT2D eigenvalue weighted by Gasteiger charge is 2.39. The van der Waals surface area contributed by atoms with Gasteiger partial charge in [0.2, 0.25) is 10.0 Å². The average molecular weight is 543 g/mol. The Morgan fingerprint density at radius 3 is 2.43 bits per heavy atom. The number of nitro groups is 1. The number of benzene rings is 3. The normalized spacial score (nSPS) is 16.1. The number of ether oxygens (including phenoxy) is 1. The van der Waals surface area contributed by atoms with Crippen molar-refractivity contribution in [3.8, 4) is 5.75 Å². The summed E-state index contributed by atoms with van der Waals surface area (Å²) < 4.78 is 32.9. The van der Waals surface area contributed by atoms with E-state index in [1.54, 1.807) is 36.4 Å². The lowest BCUT2D eigenvalue weighted by molar-refractivity contribution is -0.384. The molecule has 192 valence electrons. The topological polar surface area (TPSA) is 131 Å². The minimum atomic E-state index is -3.85. The van der Waals surface area contributed by atoms with E-state index in [0.717, 1.165) is 5.56 Å². The third-order valence-electron chi connectivity index (χ3n) is 5.75. The van der Waals surface area contributed by atoms with E-state index in [1.807, 2.05) is 0 Å². The van der Waals surface area contributed by atoms with Crippen molar-refractivity contribution >= 4 is 39.4 Å². The van der Waals surface area contributed by atoms with Crippen molar-refractivity contribution in [2.75, 3.05) is 6.54 Å². The Labute approximate surface area is 218 Å². The van der Waals surface area contributed by atoms with Crippen LogP contribution in [0.2, 0.25) is 5.02 Å². The monoisotopic (exact) mass is 542 g/mol. The number of sulfonamides is 1. The lowest BCUT2D eigenvalue weighted by atomic mass is 10.2. The highest BCUT2D eigenvalue weighted by atomic mass is 35.5. The van der Waals surface area contributed by atoms with Crippen molar-refractivity contribution < 1.29 is 22.9 Å². The lowest BCUT2D eigenvalue weighted by Crippen LogP contribution is -2.44. The van der Waals surface area contributed by atoms with E-state index in [0.29, 0.717) is 29.2 Å². The first-order valence-corrected chi connectivity index (χ1v) is 13.1. The summed E-state index contributed by atoms with van der Waals surface area (Å²) in [5.74, 6) is 0.0860. The Morgan fingerprint density at radius 1 is 1.11 bits per heavy atom. The van der Waals surface area contributed by atoms with Gasteiger partial charge in [0.15, 0.2) is 0 Å². The number of non-ortho nitro benzene ring substituents is 1. The smallest absolute Gasteiger partial charge is 0.269 e. The van der Waals surface area contributed by atoms with Gasteiger partial charge in [-0.15, -0.1) is 0 Å². The molecule has 12 heteroatoms. The Kier molecular flexibility index (Phi) is 8.17. The van der Waals surface area contributed by atoms with Crippen LogP contribution in [0.15, 0.2) is 82.8 Å². The van der Waals surface area contributed by atoms with Crippen LogP contribution in [0.5, 0.6) is 5.75 Å². The molecule has 10 nitrogen and oxygen atoms in total. The van der Waals surface area contributed by atoms with Crippen molar-refractivity contribution in [2.45, 2.75) is 30.4 Å². The molecular weight excluding hydrogens is 520 g/mol. The molecule has 1 aliphatic heterocycles. The summed E-state index contributed by atoms with van der Waals surface area (Å²) in [5.41, 5.74) is 3.93. The van der Waals surface area contributed by atoms with Crippen LogP contribution in [0.3, 0.4) is 0 Å². The highest BCUT2D eigenvalue weighted by Crippen LogP contribution is 2.27. The number of hydrogen-bond donors (Lipinski definition) is 1. The Hall–Kier alpha value is -3.80. The number of nitrogens with zero attached hydrogens (tertiary/aromatic N) is 3. The molecule has 3 aromatic carbocycles. The van der Waals surface area contributed by atoms with E-state index in [9.17, 15) is 23.3 Å². The molecule has 0 aromatic heterocycles. The molecule has 0 aliphatic carbocycles. The van der Waals surface area contributed by atoms with Crippen molar-refractivity contribution in [2.24, 2.45) is 5.10 Å². The summed E-state index contributed by atoms with van der Waals surface area (Å²) in [6.07, 6.45) is 2.41. The molecule has 0 spiro atoms. The molecular formula is C25H23ClN4O6S. The molecule has 4 rings (SSSR count). The lowest BCUT2D eigenvalue weighted by Gasteiger charge is -2.22. The first kappa shape index (κ1) is 26.3. The zero-order valence-corrected chi connectivity index (χ0v) is 21.1. The number of nitro benzene ring substituents is 1. The highest BCUT2D eigenvalue weighted by molar-refractivity contribution is 7.89. The van der Waals surface area contributed by atoms with E-state index in [2.05, 4.69) is 10.5 Å². The van der Waals surface area contributed by atoms with E-state index >= 15 is 0 Å². The standard InChI is InChI=1S/C25H23ClN4O6S/c26-20-7-13-23(14-8-20)37(34,35)29-15-1-2-24(29)25(31)28-27-16-18-5-11-22(12-6-18)36-17-19-3-9-21(10-4-19)30(32)33/h3-14,16,24H,1-2,15,17H2,(H,28,31)/b27-16-/t24-/m1/s1. The van der Waals surface area contributed by atoms with Crippen LogP contribution in [-0.4, -0.2) is 42.4 Å². The van der Waals surface area contributed by atoms with Gasteiger partial charge in [0, 0.05) is 23.7 Å². The van der Waals surface area contributed by atoms with Gasteiger partial charge in [0.1, 0.15) is 18.4 Å². The number of carbonyl (C=O) groups excluding carboxylic acids is 1. The average Bonchev–Trinajstić information content (AvgIpc) is 3.40. The van der Waals surface area contributed by atoms with Crippen LogP contribution in [-0.2, 0) is 21.4 Å². The second kappa shape index (κ2) is 11.5. The van der Waals surface area contributed by atoms with Crippen LogP contribution >= 0.6 is 11.6 Å². The number of hydrazone groups is 1.